The van der Waals surface area contributed by atoms with E-state index in [1.54, 1.807) is 58.9 Å². The lowest BCUT2D eigenvalue weighted by Crippen LogP contribution is -2.60. The number of likely N-dealkylation sites (tertiary alicyclic amines) is 1. The lowest BCUT2D eigenvalue weighted by Gasteiger charge is -2.34. The molecule has 0 bridgehead atoms. The third-order valence-electron chi connectivity index (χ3n) is 10.1. The SMILES string of the molecule is CC(C)C(NC(=O)[C@H](NC(=O)c1cnccn1)C(C)C)C(=O)N1C[C@@H]2CCC[C@@H]2[C@H]1C(=O)NC(CCCC(F)F)C(=O)C(=O)N[C@@H](C)c1ccccc1. The van der Waals surface area contributed by atoms with E-state index in [-0.39, 0.29) is 42.8 Å². The molecule has 1 aliphatic heterocycles. The van der Waals surface area contributed by atoms with Crippen LogP contribution in [0.1, 0.15) is 95.2 Å². The standard InChI is InChI=1S/C38H51F2N7O6/c1-21(2)30(45-34(49)28-19-41-17-18-42-28)35(50)46-31(22(3)4)38(53)47-20-25-13-9-14-26(25)32(47)36(51)44-27(15-10-16-29(39)40)33(48)37(52)43-23(5)24-11-7-6-8-12-24/h6-8,11-12,17-19,21-23,25-27,29-32H,9-10,13-16,20H2,1-5H3,(H,43,52)(H,44,51)(H,45,49)(H,46,50)/t23-,25-,26-,27?,30+,31?,32-/m0/s1. The van der Waals surface area contributed by atoms with E-state index in [2.05, 4.69) is 31.2 Å². The highest BCUT2D eigenvalue weighted by molar-refractivity contribution is 6.38. The van der Waals surface area contributed by atoms with Crippen molar-refractivity contribution in [3.63, 3.8) is 0 Å². The molecule has 15 heteroatoms. The normalized spacial score (nSPS) is 20.3. The van der Waals surface area contributed by atoms with Crippen molar-refractivity contribution in [3.05, 3.63) is 60.2 Å². The number of hydrogen-bond donors (Lipinski definition) is 4. The summed E-state index contributed by atoms with van der Waals surface area (Å²) in [5.74, 6) is -5.31. The highest BCUT2D eigenvalue weighted by Gasteiger charge is 2.51. The molecular formula is C38H51F2N7O6. The van der Waals surface area contributed by atoms with Crippen LogP contribution in [0.15, 0.2) is 48.9 Å². The molecule has 0 radical (unpaired) electrons. The number of benzene rings is 1. The van der Waals surface area contributed by atoms with Crippen LogP contribution in [0.25, 0.3) is 0 Å². The van der Waals surface area contributed by atoms with Gasteiger partial charge in [-0.2, -0.15) is 0 Å². The van der Waals surface area contributed by atoms with E-state index in [1.165, 1.54) is 23.5 Å². The molecule has 2 heterocycles. The summed E-state index contributed by atoms with van der Waals surface area (Å²) in [6, 6.07) is 3.92. The zero-order valence-electron chi connectivity index (χ0n) is 30.9. The molecule has 1 saturated heterocycles. The van der Waals surface area contributed by atoms with Crippen molar-refractivity contribution in [1.29, 1.82) is 0 Å². The molecule has 2 aliphatic rings. The molecule has 288 valence electrons. The summed E-state index contributed by atoms with van der Waals surface area (Å²) in [4.78, 5) is 91.0. The van der Waals surface area contributed by atoms with Crippen molar-refractivity contribution in [2.24, 2.45) is 23.7 Å². The number of nitrogens with one attached hydrogen (secondary N) is 4. The minimum atomic E-state index is -2.63. The van der Waals surface area contributed by atoms with Crippen LogP contribution in [0.2, 0.25) is 0 Å². The topological polar surface area (TPSA) is 180 Å². The predicted molar refractivity (Wildman–Crippen MR) is 191 cm³/mol. The number of hydrogen-bond acceptors (Lipinski definition) is 8. The van der Waals surface area contributed by atoms with Gasteiger partial charge >= 0.3 is 0 Å². The van der Waals surface area contributed by atoms with Gasteiger partial charge in [0.25, 0.3) is 11.8 Å². The van der Waals surface area contributed by atoms with Gasteiger partial charge in [-0.25, -0.2) is 13.8 Å². The molecule has 1 saturated carbocycles. The number of carbonyl (C=O) groups is 6. The number of amides is 5. The van der Waals surface area contributed by atoms with Gasteiger partial charge in [-0.05, 0) is 61.8 Å². The van der Waals surface area contributed by atoms with Crippen LogP contribution < -0.4 is 21.3 Å². The summed E-state index contributed by atoms with van der Waals surface area (Å²) in [6.45, 7) is 8.95. The second-order valence-corrected chi connectivity index (χ2v) is 14.7. The van der Waals surface area contributed by atoms with Gasteiger partial charge in [-0.15, -0.1) is 0 Å². The minimum absolute atomic E-state index is 0.00379. The Labute approximate surface area is 308 Å². The molecule has 1 aromatic carbocycles. The Morgan fingerprint density at radius 1 is 0.849 bits per heavy atom. The van der Waals surface area contributed by atoms with Crippen molar-refractivity contribution < 1.29 is 37.5 Å². The monoisotopic (exact) mass is 739 g/mol. The van der Waals surface area contributed by atoms with Crippen molar-refractivity contribution in [1.82, 2.24) is 36.1 Å². The van der Waals surface area contributed by atoms with Crippen LogP contribution in [0, 0.1) is 23.7 Å². The maximum Gasteiger partial charge on any atom is 0.290 e. The zero-order valence-corrected chi connectivity index (χ0v) is 30.9. The largest absolute Gasteiger partial charge is 0.344 e. The van der Waals surface area contributed by atoms with Crippen LogP contribution in [0.3, 0.4) is 0 Å². The van der Waals surface area contributed by atoms with E-state index in [0.29, 0.717) is 6.42 Å². The Morgan fingerprint density at radius 3 is 2.17 bits per heavy atom. The quantitative estimate of drug-likeness (QED) is 0.178. The highest BCUT2D eigenvalue weighted by atomic mass is 19.3. The fourth-order valence-electron chi connectivity index (χ4n) is 7.22. The molecule has 1 aromatic heterocycles. The first-order valence-electron chi connectivity index (χ1n) is 18.3. The van der Waals surface area contributed by atoms with Crippen LogP contribution >= 0.6 is 0 Å². The van der Waals surface area contributed by atoms with Crippen molar-refractivity contribution in [2.45, 2.75) is 110 Å². The number of aromatic nitrogens is 2. The number of alkyl halides is 2. The second-order valence-electron chi connectivity index (χ2n) is 14.7. The lowest BCUT2D eigenvalue weighted by atomic mass is 9.92. The highest BCUT2D eigenvalue weighted by Crippen LogP contribution is 2.42. The number of carbonyl (C=O) groups excluding carboxylic acids is 6. The van der Waals surface area contributed by atoms with Crippen LogP contribution in [-0.2, 0) is 24.0 Å². The Balaban J connectivity index is 1.52. The summed E-state index contributed by atoms with van der Waals surface area (Å²) in [5, 5.41) is 10.8. The number of fused-ring (bicyclic) bond motifs is 1. The molecule has 53 heavy (non-hydrogen) atoms. The van der Waals surface area contributed by atoms with Gasteiger partial charge in [0, 0.05) is 25.4 Å². The predicted octanol–water partition coefficient (Wildman–Crippen LogP) is 3.37. The summed E-state index contributed by atoms with van der Waals surface area (Å²) in [5.41, 5.74) is 0.771. The molecule has 2 unspecified atom stereocenters. The maximum absolute atomic E-state index is 14.3. The van der Waals surface area contributed by atoms with E-state index < -0.39 is 84.3 Å². The zero-order chi connectivity index (χ0) is 38.8. The van der Waals surface area contributed by atoms with Gasteiger partial charge < -0.3 is 26.2 Å². The molecular weight excluding hydrogens is 688 g/mol. The van der Waals surface area contributed by atoms with Gasteiger partial charge in [0.1, 0.15) is 23.8 Å². The van der Waals surface area contributed by atoms with Gasteiger partial charge in [-0.1, -0.05) is 64.4 Å². The second kappa shape index (κ2) is 18.8. The van der Waals surface area contributed by atoms with Crippen molar-refractivity contribution in [2.75, 3.05) is 6.54 Å². The Hall–Kier alpha value is -4.82. The molecule has 4 rings (SSSR count). The first-order chi connectivity index (χ1) is 25.2. The lowest BCUT2D eigenvalue weighted by molar-refractivity contribution is -0.145. The van der Waals surface area contributed by atoms with E-state index in [1.807, 2.05) is 6.07 Å². The van der Waals surface area contributed by atoms with Crippen molar-refractivity contribution in [3.8, 4) is 0 Å². The molecule has 2 aromatic rings. The number of rotatable bonds is 17. The summed E-state index contributed by atoms with van der Waals surface area (Å²) in [6.07, 6.45) is 2.83. The molecule has 1 aliphatic carbocycles. The number of halogens is 2. The summed E-state index contributed by atoms with van der Waals surface area (Å²) in [7, 11) is 0. The van der Waals surface area contributed by atoms with Gasteiger partial charge in [0.15, 0.2) is 0 Å². The van der Waals surface area contributed by atoms with Gasteiger partial charge in [0.2, 0.25) is 29.9 Å². The average molecular weight is 740 g/mol. The number of nitrogens with zero attached hydrogens (tertiary/aromatic N) is 3. The van der Waals surface area contributed by atoms with E-state index in [0.717, 1.165) is 18.4 Å². The Bertz CT molecular complexity index is 1600. The first kappa shape index (κ1) is 40.9. The molecule has 7 atom stereocenters. The molecule has 5 amide bonds. The third-order valence-corrected chi connectivity index (χ3v) is 10.1. The van der Waals surface area contributed by atoms with Gasteiger partial charge in [-0.3, -0.25) is 33.8 Å². The molecule has 4 N–H and O–H groups in total. The van der Waals surface area contributed by atoms with E-state index in [9.17, 15) is 37.5 Å². The van der Waals surface area contributed by atoms with Crippen LogP contribution in [-0.4, -0.2) is 87.3 Å². The van der Waals surface area contributed by atoms with Gasteiger partial charge in [0.05, 0.1) is 18.3 Å². The first-order valence-corrected chi connectivity index (χ1v) is 18.3. The molecule has 13 nitrogen and oxygen atoms in total. The maximum atomic E-state index is 14.3. The number of ketones is 1. The number of Topliss-reactive ketones (excluding diaryl/α,β-unsaturated/α-hetero) is 1. The van der Waals surface area contributed by atoms with Crippen molar-refractivity contribution >= 4 is 35.3 Å². The average Bonchev–Trinajstić information content (AvgIpc) is 3.74. The summed E-state index contributed by atoms with van der Waals surface area (Å²) >= 11 is 0. The van der Waals surface area contributed by atoms with Crippen LogP contribution in [0.4, 0.5) is 8.78 Å². The van der Waals surface area contributed by atoms with Crippen LogP contribution in [0.5, 0.6) is 0 Å². The third kappa shape index (κ3) is 10.6. The fourth-order valence-corrected chi connectivity index (χ4v) is 7.22. The Kier molecular flexibility index (Phi) is 14.5. The molecule has 0 spiro atoms. The minimum Gasteiger partial charge on any atom is -0.344 e. The Morgan fingerprint density at radius 2 is 1.55 bits per heavy atom. The van der Waals surface area contributed by atoms with E-state index in [4.69, 9.17) is 0 Å². The van der Waals surface area contributed by atoms with E-state index >= 15 is 0 Å². The fraction of sp³-hybridized carbons (Fsp3) is 0.579. The molecule has 2 fully saturated rings. The summed E-state index contributed by atoms with van der Waals surface area (Å²) < 4.78 is 26.2. The smallest absolute Gasteiger partial charge is 0.290 e.